The minimum absolute atomic E-state index is 0.0233. The summed E-state index contributed by atoms with van der Waals surface area (Å²) in [5.74, 6) is 0.552. The van der Waals surface area contributed by atoms with Crippen LogP contribution in [0.3, 0.4) is 0 Å². The molecule has 3 atom stereocenters. The molecule has 2 bridgehead atoms. The van der Waals surface area contributed by atoms with Gasteiger partial charge in [-0.1, -0.05) is 24.1 Å². The molecule has 1 aliphatic carbocycles. The molecule has 10 heteroatoms. The van der Waals surface area contributed by atoms with Crippen LogP contribution in [-0.2, 0) is 0 Å². The van der Waals surface area contributed by atoms with Gasteiger partial charge in [-0.15, -0.1) is 6.42 Å². The number of anilines is 1. The number of hydrogen-bond acceptors (Lipinski definition) is 7. The zero-order valence-electron chi connectivity index (χ0n) is 26.6. The first-order chi connectivity index (χ1) is 23.2. The van der Waals surface area contributed by atoms with E-state index in [1.807, 2.05) is 0 Å². The molecule has 5 aliphatic rings. The Morgan fingerprint density at radius 1 is 1.10 bits per heavy atom. The van der Waals surface area contributed by atoms with Gasteiger partial charge in [-0.3, -0.25) is 4.90 Å². The van der Waals surface area contributed by atoms with Gasteiger partial charge in [-0.05, 0) is 87.1 Å². The maximum atomic E-state index is 17.1. The van der Waals surface area contributed by atoms with Gasteiger partial charge < -0.3 is 20.1 Å². The molecule has 1 saturated carbocycles. The molecule has 0 radical (unpaired) electrons. The lowest BCUT2D eigenvalue weighted by molar-refractivity contribution is 0.108. The first-order valence-corrected chi connectivity index (χ1v) is 16.9. The molecule has 0 spiro atoms. The van der Waals surface area contributed by atoms with Crippen LogP contribution >= 0.6 is 0 Å². The van der Waals surface area contributed by atoms with E-state index < -0.39 is 23.0 Å². The number of halogens is 3. The van der Waals surface area contributed by atoms with E-state index in [1.54, 1.807) is 0 Å². The third kappa shape index (κ3) is 4.51. The van der Waals surface area contributed by atoms with Crippen molar-refractivity contribution >= 4 is 27.5 Å². The third-order valence-corrected chi connectivity index (χ3v) is 11.5. The smallest absolute Gasteiger partial charge is 0.319 e. The Kier molecular flexibility index (Phi) is 6.57. The molecule has 5 heterocycles. The number of ether oxygens (including phenoxy) is 1. The molecule has 4 saturated heterocycles. The number of piperazine rings is 1. The van der Waals surface area contributed by atoms with Crippen molar-refractivity contribution in [3.05, 3.63) is 65.5 Å². The Bertz CT molecular complexity index is 2090. The number of rotatable bonds is 6. The maximum absolute atomic E-state index is 17.1. The second-order valence-corrected chi connectivity index (χ2v) is 14.6. The summed E-state index contributed by atoms with van der Waals surface area (Å²) in [4.78, 5) is 14.0. The Morgan fingerprint density at radius 3 is 2.77 bits per heavy atom. The molecular weight excluding hydrogens is 615 g/mol. The summed E-state index contributed by atoms with van der Waals surface area (Å²) in [6.07, 6.45) is 12.9. The molecule has 3 aromatic carbocycles. The quantitative estimate of drug-likeness (QED) is 0.184. The summed E-state index contributed by atoms with van der Waals surface area (Å²) in [7, 11) is 0. The number of aromatic nitrogens is 2. The van der Waals surface area contributed by atoms with Crippen LogP contribution in [0, 0.1) is 35.7 Å². The summed E-state index contributed by atoms with van der Waals surface area (Å²) in [5.41, 5.74) is 0.133. The SMILES string of the molecule is C#Cc1c(F)ccc2cc(O)cc(-c3c(F)cc4c(N5C[C@@H]6CC[C@](C7CC7)(C5)N6)nc(OC[C@@]56CCCN5CC(=C)C6)nc4c3F)c12. The minimum atomic E-state index is -0.956. The molecule has 1 aromatic heterocycles. The van der Waals surface area contributed by atoms with E-state index in [0.29, 0.717) is 36.8 Å². The van der Waals surface area contributed by atoms with Crippen molar-refractivity contribution in [2.45, 2.75) is 62.1 Å². The zero-order chi connectivity index (χ0) is 32.9. The molecule has 0 unspecified atom stereocenters. The number of hydrogen-bond donors (Lipinski definition) is 2. The number of phenolic OH excluding ortho intramolecular Hbond substituents is 1. The number of aromatic hydroxyl groups is 1. The van der Waals surface area contributed by atoms with E-state index in [2.05, 4.69) is 32.6 Å². The highest BCUT2D eigenvalue weighted by atomic mass is 19.1. The molecule has 4 aliphatic heterocycles. The van der Waals surface area contributed by atoms with Crippen molar-refractivity contribution in [2.75, 3.05) is 37.7 Å². The van der Waals surface area contributed by atoms with Crippen molar-refractivity contribution in [2.24, 2.45) is 5.92 Å². The average Bonchev–Trinajstić information content (AvgIpc) is 3.70. The number of fused-ring (bicyclic) bond motifs is 5. The average molecular weight is 652 g/mol. The zero-order valence-corrected chi connectivity index (χ0v) is 26.6. The Morgan fingerprint density at radius 2 is 1.96 bits per heavy atom. The Labute approximate surface area is 276 Å². The second kappa shape index (κ2) is 10.6. The molecule has 5 fully saturated rings. The molecule has 7 nitrogen and oxygen atoms in total. The maximum Gasteiger partial charge on any atom is 0.319 e. The van der Waals surface area contributed by atoms with Gasteiger partial charge >= 0.3 is 6.01 Å². The third-order valence-electron chi connectivity index (χ3n) is 11.5. The van der Waals surface area contributed by atoms with E-state index in [1.165, 1.54) is 43.2 Å². The van der Waals surface area contributed by atoms with Crippen LogP contribution in [0.2, 0.25) is 0 Å². The fourth-order valence-electron chi connectivity index (χ4n) is 9.29. The van der Waals surface area contributed by atoms with Gasteiger partial charge in [0.05, 0.1) is 16.7 Å². The number of phenols is 1. The summed E-state index contributed by atoms with van der Waals surface area (Å²) >= 11 is 0. The van der Waals surface area contributed by atoms with Crippen molar-refractivity contribution in [3.63, 3.8) is 0 Å². The molecule has 4 aromatic rings. The van der Waals surface area contributed by atoms with Crippen molar-refractivity contribution < 1.29 is 23.0 Å². The molecular formula is C38H36F3N5O2. The summed E-state index contributed by atoms with van der Waals surface area (Å²) in [6.45, 7) is 7.65. The number of terminal acetylenes is 1. The summed E-state index contributed by atoms with van der Waals surface area (Å²) < 4.78 is 54.8. The van der Waals surface area contributed by atoms with Crippen LogP contribution < -0.4 is 15.0 Å². The van der Waals surface area contributed by atoms with E-state index in [9.17, 15) is 9.50 Å². The van der Waals surface area contributed by atoms with E-state index >= 15 is 8.78 Å². The predicted octanol–water partition coefficient (Wildman–Crippen LogP) is 6.45. The highest BCUT2D eigenvalue weighted by Gasteiger charge is 2.53. The fraction of sp³-hybridized carbons (Fsp3) is 0.421. The standard InChI is InChI=1S/C38H36F3N5O2/c1-3-26-29(39)8-5-22-13-25(47)14-27(31(22)26)32-30(40)15-28-34(33(32)41)42-36(48-20-37-10-4-12-46(37)17-21(2)16-37)43-35(28)45-18-24-9-11-38(19-45,44-24)23-6-7-23/h1,5,8,13-15,23-24,44,47H,2,4,6-7,9-12,16-20H2/t24-,37-,38+/m0/s1. The van der Waals surface area contributed by atoms with Crippen LogP contribution in [0.4, 0.5) is 19.0 Å². The topological polar surface area (TPSA) is 73.8 Å². The van der Waals surface area contributed by atoms with Gasteiger partial charge in [-0.25, -0.2) is 13.2 Å². The van der Waals surface area contributed by atoms with Gasteiger partial charge in [0.2, 0.25) is 0 Å². The monoisotopic (exact) mass is 651 g/mol. The van der Waals surface area contributed by atoms with E-state index in [0.717, 1.165) is 50.8 Å². The summed E-state index contributed by atoms with van der Waals surface area (Å²) in [6, 6.07) is 6.73. The summed E-state index contributed by atoms with van der Waals surface area (Å²) in [5, 5.41) is 15.2. The molecule has 246 valence electrons. The van der Waals surface area contributed by atoms with Gasteiger partial charge in [0.25, 0.3) is 0 Å². The lowest BCUT2D eigenvalue weighted by atomic mass is 9.90. The first kappa shape index (κ1) is 29.8. The Balaban J connectivity index is 1.22. The first-order valence-electron chi connectivity index (χ1n) is 16.9. The highest BCUT2D eigenvalue weighted by molar-refractivity contribution is 6.04. The van der Waals surface area contributed by atoms with Gasteiger partial charge in [-0.2, -0.15) is 9.97 Å². The molecule has 2 N–H and O–H groups in total. The molecule has 0 amide bonds. The molecule has 48 heavy (non-hydrogen) atoms. The second-order valence-electron chi connectivity index (χ2n) is 14.6. The van der Waals surface area contributed by atoms with E-state index in [-0.39, 0.29) is 56.3 Å². The number of nitrogens with zero attached hydrogens (tertiary/aromatic N) is 4. The van der Waals surface area contributed by atoms with Crippen molar-refractivity contribution in [1.82, 2.24) is 20.2 Å². The minimum Gasteiger partial charge on any atom is -0.508 e. The number of benzene rings is 3. The lowest BCUT2D eigenvalue weighted by Crippen LogP contribution is -2.61. The van der Waals surface area contributed by atoms with Crippen LogP contribution in [0.5, 0.6) is 11.8 Å². The molecule has 9 rings (SSSR count). The van der Waals surface area contributed by atoms with Crippen LogP contribution in [0.15, 0.2) is 42.5 Å². The van der Waals surface area contributed by atoms with Crippen molar-refractivity contribution in [3.8, 4) is 35.2 Å². The Hall–Kier alpha value is -4.33. The normalized spacial score (nSPS) is 26.8. The van der Waals surface area contributed by atoms with Crippen LogP contribution in [0.1, 0.15) is 50.5 Å². The van der Waals surface area contributed by atoms with Gasteiger partial charge in [0.15, 0.2) is 5.82 Å². The number of nitrogens with one attached hydrogen (secondary N) is 1. The van der Waals surface area contributed by atoms with Gasteiger partial charge in [0, 0.05) is 47.6 Å². The highest BCUT2D eigenvalue weighted by Crippen LogP contribution is 2.49. The van der Waals surface area contributed by atoms with E-state index in [4.69, 9.17) is 16.1 Å². The lowest BCUT2D eigenvalue weighted by Gasteiger charge is -2.42. The fourth-order valence-corrected chi connectivity index (χ4v) is 9.29. The van der Waals surface area contributed by atoms with Crippen molar-refractivity contribution in [1.29, 1.82) is 0 Å². The van der Waals surface area contributed by atoms with Gasteiger partial charge in [0.1, 0.15) is 35.3 Å². The largest absolute Gasteiger partial charge is 0.508 e. The predicted molar refractivity (Wildman–Crippen MR) is 179 cm³/mol. The van der Waals surface area contributed by atoms with Crippen LogP contribution in [-0.4, -0.2) is 69.9 Å². The van der Waals surface area contributed by atoms with Crippen LogP contribution in [0.25, 0.3) is 32.8 Å².